The Labute approximate surface area is 167 Å². The van der Waals surface area contributed by atoms with Crippen LogP contribution in [-0.4, -0.2) is 55.5 Å². The first-order valence-corrected chi connectivity index (χ1v) is 9.89. The highest BCUT2D eigenvalue weighted by atomic mass is 16.5. The van der Waals surface area contributed by atoms with Gasteiger partial charge < -0.3 is 19.3 Å². The van der Waals surface area contributed by atoms with E-state index in [2.05, 4.69) is 31.7 Å². The highest BCUT2D eigenvalue weighted by Crippen LogP contribution is 2.24. The van der Waals surface area contributed by atoms with Crippen molar-refractivity contribution >= 4 is 5.91 Å². The van der Waals surface area contributed by atoms with Gasteiger partial charge in [0.25, 0.3) is 5.91 Å². The van der Waals surface area contributed by atoms with Crippen LogP contribution in [0.25, 0.3) is 0 Å². The summed E-state index contributed by atoms with van der Waals surface area (Å²) in [5.41, 5.74) is 3.89. The van der Waals surface area contributed by atoms with Crippen LogP contribution in [0.4, 0.5) is 0 Å². The molecule has 0 aromatic heterocycles. The molecule has 3 rings (SSSR count). The number of hydrogen-bond acceptors (Lipinski definition) is 4. The Morgan fingerprint density at radius 2 is 1.68 bits per heavy atom. The number of carbonyl (C=O) groups excluding carboxylic acids is 1. The predicted octanol–water partition coefficient (Wildman–Crippen LogP) is 3.67. The van der Waals surface area contributed by atoms with Crippen LogP contribution in [0.1, 0.15) is 34.0 Å². The fourth-order valence-corrected chi connectivity index (χ4v) is 3.65. The average molecular weight is 383 g/mol. The van der Waals surface area contributed by atoms with Gasteiger partial charge in [0.15, 0.2) is 0 Å². The molecule has 2 aromatic rings. The molecule has 5 heteroatoms. The predicted molar refractivity (Wildman–Crippen MR) is 111 cm³/mol. The minimum atomic E-state index is 0.0751. The Bertz CT molecular complexity index is 806. The lowest BCUT2D eigenvalue weighted by Gasteiger charge is -2.34. The number of benzene rings is 2. The number of piperazine rings is 1. The fraction of sp³-hybridized carbons (Fsp3) is 0.435. The number of likely N-dealkylation sites (N-methyl/N-ethyl adjacent to an activating group) is 1. The molecule has 0 N–H and O–H groups in total. The lowest BCUT2D eigenvalue weighted by Crippen LogP contribution is -2.48. The van der Waals surface area contributed by atoms with Crippen LogP contribution in [-0.2, 0) is 6.61 Å². The molecule has 0 bridgehead atoms. The largest absolute Gasteiger partial charge is 0.496 e. The van der Waals surface area contributed by atoms with Gasteiger partial charge in [-0.2, -0.15) is 0 Å². The third kappa shape index (κ3) is 4.84. The zero-order chi connectivity index (χ0) is 20.1. The van der Waals surface area contributed by atoms with Crippen LogP contribution in [0, 0.1) is 13.8 Å². The Hall–Kier alpha value is -2.53. The van der Waals surface area contributed by atoms with Gasteiger partial charge in [-0.15, -0.1) is 0 Å². The van der Waals surface area contributed by atoms with Gasteiger partial charge in [0, 0.05) is 37.3 Å². The SMILES string of the molecule is CCN1CCN(C(=O)c2ccc(OC)c(COc3cc(C)cc(C)c3)c2)CC1. The van der Waals surface area contributed by atoms with Crippen LogP contribution in [0.2, 0.25) is 0 Å². The number of methoxy groups -OCH3 is 1. The monoisotopic (exact) mass is 382 g/mol. The standard InChI is InChI=1S/C23H30N2O3/c1-5-24-8-10-25(11-9-24)23(26)19-6-7-22(27-4)20(15-19)16-28-21-13-17(2)12-18(3)14-21/h6-7,12-15H,5,8-11,16H2,1-4H3. The van der Waals surface area contributed by atoms with Gasteiger partial charge in [-0.1, -0.05) is 13.0 Å². The summed E-state index contributed by atoms with van der Waals surface area (Å²) in [5.74, 6) is 1.63. The molecule has 1 amide bonds. The van der Waals surface area contributed by atoms with E-state index in [4.69, 9.17) is 9.47 Å². The summed E-state index contributed by atoms with van der Waals surface area (Å²) in [6.45, 7) is 11.1. The molecule has 1 aliphatic heterocycles. The first-order valence-electron chi connectivity index (χ1n) is 9.89. The van der Waals surface area contributed by atoms with Crippen molar-refractivity contribution in [2.45, 2.75) is 27.4 Å². The quantitative estimate of drug-likeness (QED) is 0.765. The maximum atomic E-state index is 12.9. The smallest absolute Gasteiger partial charge is 0.253 e. The fourth-order valence-electron chi connectivity index (χ4n) is 3.65. The number of ether oxygens (including phenoxy) is 2. The van der Waals surface area contributed by atoms with Crippen LogP contribution < -0.4 is 9.47 Å². The van der Waals surface area contributed by atoms with E-state index in [9.17, 15) is 4.79 Å². The molecule has 0 saturated carbocycles. The van der Waals surface area contributed by atoms with Gasteiger partial charge >= 0.3 is 0 Å². The number of amides is 1. The second-order valence-electron chi connectivity index (χ2n) is 7.37. The molecule has 0 atom stereocenters. The zero-order valence-electron chi connectivity index (χ0n) is 17.3. The van der Waals surface area contributed by atoms with Crippen LogP contribution in [0.3, 0.4) is 0 Å². The molecule has 5 nitrogen and oxygen atoms in total. The van der Waals surface area contributed by atoms with Crippen molar-refractivity contribution in [2.75, 3.05) is 39.8 Å². The molecule has 1 aliphatic rings. The van der Waals surface area contributed by atoms with Crippen LogP contribution in [0.15, 0.2) is 36.4 Å². The van der Waals surface area contributed by atoms with Crippen LogP contribution >= 0.6 is 0 Å². The van der Waals surface area contributed by atoms with E-state index < -0.39 is 0 Å². The average Bonchev–Trinajstić information content (AvgIpc) is 2.71. The normalized spacial score (nSPS) is 14.8. The third-order valence-corrected chi connectivity index (χ3v) is 5.22. The second-order valence-corrected chi connectivity index (χ2v) is 7.37. The minimum absolute atomic E-state index is 0.0751. The van der Waals surface area contributed by atoms with Crippen molar-refractivity contribution < 1.29 is 14.3 Å². The molecule has 0 radical (unpaired) electrons. The summed E-state index contributed by atoms with van der Waals surface area (Å²) in [4.78, 5) is 17.2. The maximum Gasteiger partial charge on any atom is 0.253 e. The second kappa shape index (κ2) is 9.11. The van der Waals surface area contributed by atoms with Crippen molar-refractivity contribution in [1.82, 2.24) is 9.80 Å². The van der Waals surface area contributed by atoms with Gasteiger partial charge in [-0.3, -0.25) is 4.79 Å². The molecule has 28 heavy (non-hydrogen) atoms. The molecule has 2 aromatic carbocycles. The van der Waals surface area contributed by atoms with E-state index in [-0.39, 0.29) is 5.91 Å². The van der Waals surface area contributed by atoms with E-state index >= 15 is 0 Å². The number of rotatable bonds is 6. The maximum absolute atomic E-state index is 12.9. The van der Waals surface area contributed by atoms with Gasteiger partial charge in [0.05, 0.1) is 7.11 Å². The topological polar surface area (TPSA) is 42.0 Å². The highest BCUT2D eigenvalue weighted by molar-refractivity contribution is 5.94. The van der Waals surface area contributed by atoms with E-state index in [0.717, 1.165) is 60.9 Å². The molecule has 0 unspecified atom stereocenters. The van der Waals surface area contributed by atoms with Gasteiger partial charge in [-0.25, -0.2) is 0 Å². The van der Waals surface area contributed by atoms with Crippen molar-refractivity contribution in [1.29, 1.82) is 0 Å². The highest BCUT2D eigenvalue weighted by Gasteiger charge is 2.22. The molecule has 150 valence electrons. The summed E-state index contributed by atoms with van der Waals surface area (Å²) in [6.07, 6.45) is 0. The van der Waals surface area contributed by atoms with Gasteiger partial charge in [0.1, 0.15) is 18.1 Å². The lowest BCUT2D eigenvalue weighted by molar-refractivity contribution is 0.0643. The zero-order valence-corrected chi connectivity index (χ0v) is 17.3. The molecule has 0 spiro atoms. The van der Waals surface area contributed by atoms with E-state index in [1.54, 1.807) is 7.11 Å². The van der Waals surface area contributed by atoms with E-state index in [0.29, 0.717) is 12.2 Å². The summed E-state index contributed by atoms with van der Waals surface area (Å²) < 4.78 is 11.5. The Morgan fingerprint density at radius 3 is 2.29 bits per heavy atom. The van der Waals surface area contributed by atoms with Crippen molar-refractivity contribution in [2.24, 2.45) is 0 Å². The van der Waals surface area contributed by atoms with Gasteiger partial charge in [-0.05, 0) is 61.9 Å². The Balaban J connectivity index is 1.73. The first-order chi connectivity index (χ1) is 13.5. The summed E-state index contributed by atoms with van der Waals surface area (Å²) >= 11 is 0. The van der Waals surface area contributed by atoms with E-state index in [1.165, 1.54) is 0 Å². The first kappa shape index (κ1) is 20.2. The Morgan fingerprint density at radius 1 is 1.00 bits per heavy atom. The molecule has 1 heterocycles. The Kier molecular flexibility index (Phi) is 6.57. The van der Waals surface area contributed by atoms with Crippen molar-refractivity contribution in [3.05, 3.63) is 58.7 Å². The summed E-state index contributed by atoms with van der Waals surface area (Å²) in [7, 11) is 1.64. The van der Waals surface area contributed by atoms with Crippen molar-refractivity contribution in [3.8, 4) is 11.5 Å². The summed E-state index contributed by atoms with van der Waals surface area (Å²) in [6, 6.07) is 11.7. The molecule has 1 saturated heterocycles. The van der Waals surface area contributed by atoms with Gasteiger partial charge in [0.2, 0.25) is 0 Å². The summed E-state index contributed by atoms with van der Waals surface area (Å²) in [5, 5.41) is 0. The molecule has 1 fully saturated rings. The molecular formula is C23H30N2O3. The molecular weight excluding hydrogens is 352 g/mol. The number of carbonyl (C=O) groups is 1. The third-order valence-electron chi connectivity index (χ3n) is 5.22. The number of aryl methyl sites for hydroxylation is 2. The molecule has 0 aliphatic carbocycles. The van der Waals surface area contributed by atoms with Crippen LogP contribution in [0.5, 0.6) is 11.5 Å². The number of hydrogen-bond donors (Lipinski definition) is 0. The minimum Gasteiger partial charge on any atom is -0.496 e. The number of nitrogens with zero attached hydrogens (tertiary/aromatic N) is 2. The van der Waals surface area contributed by atoms with Crippen molar-refractivity contribution in [3.63, 3.8) is 0 Å². The lowest BCUT2D eigenvalue weighted by atomic mass is 10.1. The van der Waals surface area contributed by atoms with E-state index in [1.807, 2.05) is 35.2 Å².